The Balaban J connectivity index is 0.00000135. The van der Waals surface area contributed by atoms with E-state index in [4.69, 9.17) is 5.11 Å². The van der Waals surface area contributed by atoms with Crippen LogP contribution in [0, 0.1) is 6.92 Å². The SMILES string of the molecule is Cc1ncc(C(O)C(F)(F)P(C)(C)=O)c(CO)c1O.[CH2]=[V][I]. The molecule has 0 aliphatic rings. The molecule has 0 radical (unpaired) electrons. The monoisotopic (exact) mass is 487 g/mol. The number of pyridine rings is 1. The number of aliphatic hydroxyl groups is 2. The Kier molecular flexibility index (Phi) is 8.90. The zero-order valence-corrected chi connectivity index (χ0v) is 16.7. The number of alkyl halides is 2. The van der Waals surface area contributed by atoms with Crippen molar-refractivity contribution in [3.05, 3.63) is 23.0 Å². The molecule has 0 bridgehead atoms. The molecule has 0 fully saturated rings. The topological polar surface area (TPSA) is 90.7 Å². The number of hydrogen-bond donors (Lipinski definition) is 3. The first-order chi connectivity index (χ1) is 9.95. The molecular weight excluding hydrogens is 469 g/mol. The van der Waals surface area contributed by atoms with Crippen LogP contribution in [0.5, 0.6) is 5.75 Å². The molecule has 3 N–H and O–H groups in total. The molecule has 10 heteroatoms. The van der Waals surface area contributed by atoms with E-state index in [1.807, 2.05) is 0 Å². The van der Waals surface area contributed by atoms with Crippen molar-refractivity contribution in [1.29, 1.82) is 0 Å². The molecule has 1 unspecified atom stereocenters. The van der Waals surface area contributed by atoms with E-state index in [2.05, 4.69) is 30.2 Å². The van der Waals surface area contributed by atoms with Gasteiger partial charge in [-0.1, -0.05) is 0 Å². The van der Waals surface area contributed by atoms with Gasteiger partial charge in [-0.15, -0.1) is 0 Å². The number of aliphatic hydroxyl groups excluding tert-OH is 2. The van der Waals surface area contributed by atoms with Gasteiger partial charge in [0.15, 0.2) is 13.2 Å². The van der Waals surface area contributed by atoms with Crippen molar-refractivity contribution in [1.82, 2.24) is 4.98 Å². The molecule has 0 aromatic carbocycles. The van der Waals surface area contributed by atoms with E-state index in [1.165, 1.54) is 6.92 Å². The molecule has 0 saturated heterocycles. The summed E-state index contributed by atoms with van der Waals surface area (Å²) in [6.45, 7) is 2.40. The molecule has 1 aromatic heterocycles. The van der Waals surface area contributed by atoms with Gasteiger partial charge in [0.2, 0.25) is 0 Å². The van der Waals surface area contributed by atoms with Crippen LogP contribution >= 0.6 is 27.1 Å². The molecule has 5 nitrogen and oxygen atoms in total. The van der Waals surface area contributed by atoms with Gasteiger partial charge in [-0.3, -0.25) is 4.98 Å². The van der Waals surface area contributed by atoms with Gasteiger partial charge in [-0.05, 0) is 20.3 Å². The summed E-state index contributed by atoms with van der Waals surface area (Å²) in [5.74, 6) is -0.461. The molecule has 0 amide bonds. The molecular formula is C12H18F2INO4PV. The standard InChI is InChI=1S/C11H16F2NO4P.CH2.HI.V/c1-6-9(16)8(5-15)7(4-14-6)10(17)11(12,13)19(2,3)18;;;/h4,10,15-17H,5H2,1-3H3;1H2;1H;/q;;;+1/p-1. The first-order valence-corrected chi connectivity index (χ1v) is 14.0. The number of halogens is 3. The van der Waals surface area contributed by atoms with E-state index >= 15 is 0 Å². The third-order valence-corrected chi connectivity index (χ3v) is 4.55. The second-order valence-electron chi connectivity index (χ2n) is 4.74. The van der Waals surface area contributed by atoms with Gasteiger partial charge in [0.1, 0.15) is 5.75 Å². The summed E-state index contributed by atoms with van der Waals surface area (Å²) in [5, 5.41) is 32.1. The second kappa shape index (κ2) is 8.85. The molecule has 1 atom stereocenters. The molecule has 1 heterocycles. The van der Waals surface area contributed by atoms with Crippen molar-refractivity contribution in [2.45, 2.75) is 25.3 Å². The summed E-state index contributed by atoms with van der Waals surface area (Å²) in [5.41, 5.74) is -4.41. The number of aromatic hydroxyl groups is 1. The summed E-state index contributed by atoms with van der Waals surface area (Å²) in [4.78, 5) is 3.66. The van der Waals surface area contributed by atoms with Gasteiger partial charge in [-0.2, -0.15) is 8.78 Å². The molecule has 0 aliphatic heterocycles. The number of rotatable bonds is 4. The Bertz CT molecular complexity index is 582. The summed E-state index contributed by atoms with van der Waals surface area (Å²) in [6, 6.07) is 0. The summed E-state index contributed by atoms with van der Waals surface area (Å²) in [7, 11) is -3.92. The average molecular weight is 487 g/mol. The van der Waals surface area contributed by atoms with E-state index in [1.54, 1.807) is 0 Å². The minimum atomic E-state index is -3.92. The molecule has 126 valence electrons. The quantitative estimate of drug-likeness (QED) is 0.449. The number of aromatic nitrogens is 1. The van der Waals surface area contributed by atoms with Crippen molar-refractivity contribution >= 4 is 32.4 Å². The van der Waals surface area contributed by atoms with Crippen LogP contribution in [-0.4, -0.2) is 44.5 Å². The minimum absolute atomic E-state index is 0.138. The van der Waals surface area contributed by atoms with Crippen LogP contribution in [0.2, 0.25) is 0 Å². The van der Waals surface area contributed by atoms with Gasteiger partial charge >= 0.3 is 43.3 Å². The fourth-order valence-electron chi connectivity index (χ4n) is 1.54. The zero-order valence-electron chi connectivity index (χ0n) is 12.3. The number of aryl methyl sites for hydroxylation is 1. The Morgan fingerprint density at radius 2 is 2.00 bits per heavy atom. The van der Waals surface area contributed by atoms with Gasteiger partial charge in [0, 0.05) is 17.3 Å². The van der Waals surface area contributed by atoms with E-state index in [-0.39, 0.29) is 11.3 Å². The first kappa shape index (κ1) is 22.1. The molecule has 0 spiro atoms. The van der Waals surface area contributed by atoms with Crippen LogP contribution in [0.25, 0.3) is 0 Å². The van der Waals surface area contributed by atoms with Crippen LogP contribution in [0.4, 0.5) is 8.78 Å². The molecule has 1 rings (SSSR count). The Hall–Kier alpha value is 0.144. The van der Waals surface area contributed by atoms with Crippen molar-refractivity contribution in [2.24, 2.45) is 0 Å². The molecule has 22 heavy (non-hydrogen) atoms. The van der Waals surface area contributed by atoms with E-state index in [9.17, 15) is 23.6 Å². The maximum absolute atomic E-state index is 13.9. The Labute approximate surface area is 145 Å². The third kappa shape index (κ3) is 5.07. The number of hydrogen-bond acceptors (Lipinski definition) is 5. The summed E-state index contributed by atoms with van der Waals surface area (Å²) >= 11 is 2.68. The van der Waals surface area contributed by atoms with Crippen LogP contribution < -0.4 is 0 Å². The van der Waals surface area contributed by atoms with Crippen LogP contribution in [0.1, 0.15) is 22.9 Å². The zero-order chi connectivity index (χ0) is 17.7. The third-order valence-electron chi connectivity index (χ3n) is 2.87. The normalized spacial score (nSPS) is 13.1. The summed E-state index contributed by atoms with van der Waals surface area (Å²) in [6.07, 6.45) is -1.47. The van der Waals surface area contributed by atoms with E-state index < -0.39 is 36.8 Å². The predicted octanol–water partition coefficient (Wildman–Crippen LogP) is 2.69. The van der Waals surface area contributed by atoms with Crippen molar-refractivity contribution < 1.29 is 41.1 Å². The van der Waals surface area contributed by atoms with Crippen molar-refractivity contribution in [3.8, 4) is 5.75 Å². The molecule has 1 aromatic rings. The summed E-state index contributed by atoms with van der Waals surface area (Å²) < 4.78 is 39.3. The van der Waals surface area contributed by atoms with Crippen LogP contribution in [0.15, 0.2) is 6.20 Å². The maximum atomic E-state index is 13.9. The average Bonchev–Trinajstić information content (AvgIpc) is 2.40. The number of nitrogens with zero attached hydrogens (tertiary/aromatic N) is 1. The molecule has 0 aliphatic carbocycles. The van der Waals surface area contributed by atoms with Gasteiger partial charge in [0.25, 0.3) is 0 Å². The van der Waals surface area contributed by atoms with Gasteiger partial charge in [0.05, 0.1) is 12.3 Å². The van der Waals surface area contributed by atoms with Crippen molar-refractivity contribution in [3.63, 3.8) is 0 Å². The Morgan fingerprint density at radius 3 is 2.36 bits per heavy atom. The fourth-order valence-corrected chi connectivity index (χ4v) is 2.27. The van der Waals surface area contributed by atoms with E-state index in [0.29, 0.717) is 12.4 Å². The predicted molar refractivity (Wildman–Crippen MR) is 87.1 cm³/mol. The first-order valence-electron chi connectivity index (χ1n) is 5.91. The van der Waals surface area contributed by atoms with Gasteiger partial charge in [-0.25, -0.2) is 0 Å². The van der Waals surface area contributed by atoms with Crippen molar-refractivity contribution in [2.75, 3.05) is 13.3 Å². The Morgan fingerprint density at radius 1 is 1.55 bits per heavy atom. The van der Waals surface area contributed by atoms with Gasteiger partial charge < -0.3 is 19.9 Å². The van der Waals surface area contributed by atoms with Crippen LogP contribution in [-0.2, 0) is 23.6 Å². The van der Waals surface area contributed by atoms with Crippen LogP contribution in [0.3, 0.4) is 0 Å². The fraction of sp³-hybridized carbons (Fsp3) is 0.500. The second-order valence-corrected chi connectivity index (χ2v) is 11.2. The molecule has 0 saturated carbocycles. The van der Waals surface area contributed by atoms with E-state index in [0.717, 1.165) is 19.5 Å².